The smallest absolute Gasteiger partial charge is 0.143 e. The standard InChI is InChI=1S/C58H36N2O2/c1-2-13-43-38(12-1)26-34-49-57-48(18-11-23-56(57)62-58(43)49)46-16-5-7-19-51(46)59(40-28-24-37(25-29-40)39-27-35-55-50(36-39)47-17-6-10-22-54(47)61-55)41-30-32-42(33-31-41)60-52-20-8-3-14-44(52)45-15-4-9-21-53(45)60/h1-36H. The minimum Gasteiger partial charge on any atom is -0.456 e. The molecular weight excluding hydrogens is 757 g/mol. The van der Waals surface area contributed by atoms with Crippen LogP contribution in [0, 0.1) is 0 Å². The number of furan rings is 2. The predicted octanol–water partition coefficient (Wildman–Crippen LogP) is 16.5. The summed E-state index contributed by atoms with van der Waals surface area (Å²) in [5.74, 6) is 0. The summed E-state index contributed by atoms with van der Waals surface area (Å²) in [6, 6.07) is 78.1. The fourth-order valence-corrected chi connectivity index (χ4v) is 9.76. The lowest BCUT2D eigenvalue weighted by Crippen LogP contribution is -2.11. The molecule has 290 valence electrons. The zero-order valence-electron chi connectivity index (χ0n) is 33.5. The fourth-order valence-electron chi connectivity index (χ4n) is 9.76. The van der Waals surface area contributed by atoms with E-state index in [1.54, 1.807) is 0 Å². The summed E-state index contributed by atoms with van der Waals surface area (Å²) in [7, 11) is 0. The molecule has 4 nitrogen and oxygen atoms in total. The molecule has 0 aliphatic heterocycles. The molecule has 3 aromatic heterocycles. The summed E-state index contributed by atoms with van der Waals surface area (Å²) in [5.41, 5.74) is 14.8. The Labute approximate surface area is 356 Å². The summed E-state index contributed by atoms with van der Waals surface area (Å²) in [4.78, 5) is 2.39. The van der Waals surface area contributed by atoms with Crippen LogP contribution in [-0.2, 0) is 0 Å². The largest absolute Gasteiger partial charge is 0.456 e. The third-order valence-corrected chi connectivity index (χ3v) is 12.6. The minimum absolute atomic E-state index is 0.873. The molecule has 13 rings (SSSR count). The Morgan fingerprint density at radius 3 is 1.74 bits per heavy atom. The molecule has 0 bridgehead atoms. The second kappa shape index (κ2) is 13.6. The van der Waals surface area contributed by atoms with Crippen molar-refractivity contribution in [3.05, 3.63) is 218 Å². The van der Waals surface area contributed by atoms with Crippen LogP contribution in [-0.4, -0.2) is 4.57 Å². The first kappa shape index (κ1) is 34.5. The maximum atomic E-state index is 6.69. The number of para-hydroxylation sites is 4. The van der Waals surface area contributed by atoms with E-state index in [4.69, 9.17) is 8.83 Å². The van der Waals surface area contributed by atoms with Gasteiger partial charge < -0.3 is 18.3 Å². The molecule has 0 atom stereocenters. The van der Waals surface area contributed by atoms with Gasteiger partial charge in [0.1, 0.15) is 22.3 Å². The highest BCUT2D eigenvalue weighted by atomic mass is 16.3. The van der Waals surface area contributed by atoms with Gasteiger partial charge in [-0.3, -0.25) is 0 Å². The molecule has 0 saturated heterocycles. The predicted molar refractivity (Wildman–Crippen MR) is 258 cm³/mol. The molecule has 0 fully saturated rings. The van der Waals surface area contributed by atoms with Crippen molar-refractivity contribution in [1.82, 2.24) is 4.57 Å². The van der Waals surface area contributed by atoms with Gasteiger partial charge in [-0.2, -0.15) is 0 Å². The Bertz CT molecular complexity index is 3810. The number of aromatic nitrogens is 1. The minimum atomic E-state index is 0.873. The Hall–Kier alpha value is -8.34. The first-order chi connectivity index (χ1) is 30.7. The first-order valence-electron chi connectivity index (χ1n) is 21.1. The quantitative estimate of drug-likeness (QED) is 0.168. The lowest BCUT2D eigenvalue weighted by atomic mass is 9.96. The van der Waals surface area contributed by atoms with Crippen molar-refractivity contribution in [2.75, 3.05) is 4.90 Å². The van der Waals surface area contributed by atoms with Crippen LogP contribution in [0.2, 0.25) is 0 Å². The van der Waals surface area contributed by atoms with Crippen molar-refractivity contribution in [3.8, 4) is 27.9 Å². The number of benzene rings is 10. The summed E-state index contributed by atoms with van der Waals surface area (Å²) < 4.78 is 15.2. The maximum Gasteiger partial charge on any atom is 0.143 e. The third-order valence-electron chi connectivity index (χ3n) is 12.6. The van der Waals surface area contributed by atoms with E-state index in [2.05, 4.69) is 216 Å². The van der Waals surface area contributed by atoms with E-state index in [0.29, 0.717) is 0 Å². The van der Waals surface area contributed by atoms with Gasteiger partial charge in [0, 0.05) is 60.3 Å². The SMILES string of the molecule is c1ccc(N(c2ccc(-c3ccc4oc5ccccc5c4c3)cc2)c2ccc(-n3c4ccccc4c4ccccc43)cc2)c(-c2cccc3oc4c5ccccc5ccc4c23)c1. The highest BCUT2D eigenvalue weighted by Gasteiger charge is 2.22. The second-order valence-electron chi connectivity index (χ2n) is 16.0. The van der Waals surface area contributed by atoms with Gasteiger partial charge in [0.2, 0.25) is 0 Å². The van der Waals surface area contributed by atoms with Gasteiger partial charge in [-0.15, -0.1) is 0 Å². The second-order valence-corrected chi connectivity index (χ2v) is 16.0. The van der Waals surface area contributed by atoms with Crippen LogP contribution in [0.3, 0.4) is 0 Å². The number of nitrogens with zero attached hydrogens (tertiary/aromatic N) is 2. The topological polar surface area (TPSA) is 34.5 Å². The molecule has 0 N–H and O–H groups in total. The monoisotopic (exact) mass is 792 g/mol. The maximum absolute atomic E-state index is 6.69. The van der Waals surface area contributed by atoms with E-state index < -0.39 is 0 Å². The summed E-state index contributed by atoms with van der Waals surface area (Å²) in [6.07, 6.45) is 0. The molecule has 62 heavy (non-hydrogen) atoms. The van der Waals surface area contributed by atoms with Gasteiger partial charge in [-0.05, 0) is 107 Å². The Balaban J connectivity index is 0.986. The molecule has 0 unspecified atom stereocenters. The molecule has 0 aliphatic carbocycles. The number of hydrogen-bond donors (Lipinski definition) is 0. The molecule has 0 aliphatic rings. The van der Waals surface area contributed by atoms with Gasteiger partial charge in [-0.1, -0.05) is 133 Å². The van der Waals surface area contributed by atoms with Crippen LogP contribution in [0.25, 0.3) is 104 Å². The molecule has 0 saturated carbocycles. The van der Waals surface area contributed by atoms with Crippen LogP contribution in [0.15, 0.2) is 227 Å². The van der Waals surface area contributed by atoms with Crippen molar-refractivity contribution < 1.29 is 8.83 Å². The van der Waals surface area contributed by atoms with E-state index in [-0.39, 0.29) is 0 Å². The molecule has 4 heteroatoms. The lowest BCUT2D eigenvalue weighted by Gasteiger charge is -2.28. The fraction of sp³-hybridized carbons (Fsp3) is 0. The zero-order valence-corrected chi connectivity index (χ0v) is 33.5. The van der Waals surface area contributed by atoms with Gasteiger partial charge in [0.05, 0.1) is 16.7 Å². The summed E-state index contributed by atoms with van der Waals surface area (Å²) in [5, 5.41) is 9.24. The first-order valence-corrected chi connectivity index (χ1v) is 21.1. The third kappa shape index (κ3) is 5.27. The van der Waals surface area contributed by atoms with Crippen LogP contribution >= 0.6 is 0 Å². The number of fused-ring (bicyclic) bond motifs is 11. The average molecular weight is 793 g/mol. The van der Waals surface area contributed by atoms with Crippen molar-refractivity contribution >= 4 is 93.5 Å². The van der Waals surface area contributed by atoms with E-state index in [1.807, 2.05) is 12.1 Å². The van der Waals surface area contributed by atoms with Crippen LogP contribution in [0.1, 0.15) is 0 Å². The van der Waals surface area contributed by atoms with Gasteiger partial charge in [0.25, 0.3) is 0 Å². The highest BCUT2D eigenvalue weighted by Crippen LogP contribution is 2.46. The van der Waals surface area contributed by atoms with Crippen molar-refractivity contribution in [1.29, 1.82) is 0 Å². The normalized spacial score (nSPS) is 11.9. The highest BCUT2D eigenvalue weighted by molar-refractivity contribution is 6.20. The van der Waals surface area contributed by atoms with E-state index in [0.717, 1.165) is 99.7 Å². The van der Waals surface area contributed by atoms with Gasteiger partial charge >= 0.3 is 0 Å². The Kier molecular flexibility index (Phi) is 7.57. The molecule has 13 aromatic rings. The molecule has 0 amide bonds. The lowest BCUT2D eigenvalue weighted by molar-refractivity contribution is 0.669. The van der Waals surface area contributed by atoms with Crippen molar-refractivity contribution in [2.24, 2.45) is 0 Å². The Morgan fingerprint density at radius 2 is 0.952 bits per heavy atom. The van der Waals surface area contributed by atoms with Crippen LogP contribution in [0.5, 0.6) is 0 Å². The molecular formula is C58H36N2O2. The summed E-state index contributed by atoms with van der Waals surface area (Å²) >= 11 is 0. The number of rotatable bonds is 6. The molecule has 10 aromatic carbocycles. The van der Waals surface area contributed by atoms with Crippen LogP contribution in [0.4, 0.5) is 17.1 Å². The number of hydrogen-bond acceptors (Lipinski definition) is 3. The molecule has 0 radical (unpaired) electrons. The van der Waals surface area contributed by atoms with Gasteiger partial charge in [-0.25, -0.2) is 0 Å². The van der Waals surface area contributed by atoms with E-state index in [9.17, 15) is 0 Å². The number of anilines is 3. The van der Waals surface area contributed by atoms with Gasteiger partial charge in [0.15, 0.2) is 0 Å². The van der Waals surface area contributed by atoms with Crippen molar-refractivity contribution in [3.63, 3.8) is 0 Å². The summed E-state index contributed by atoms with van der Waals surface area (Å²) in [6.45, 7) is 0. The molecule has 3 heterocycles. The van der Waals surface area contributed by atoms with Crippen molar-refractivity contribution in [2.45, 2.75) is 0 Å². The Morgan fingerprint density at radius 1 is 0.355 bits per heavy atom. The van der Waals surface area contributed by atoms with E-state index in [1.165, 1.54) is 21.8 Å². The van der Waals surface area contributed by atoms with E-state index >= 15 is 0 Å². The van der Waals surface area contributed by atoms with Crippen LogP contribution < -0.4 is 4.90 Å². The zero-order chi connectivity index (χ0) is 40.7. The average Bonchev–Trinajstić information content (AvgIpc) is 4.02. The molecule has 0 spiro atoms.